The molecule has 5 heterocycles. The van der Waals surface area contributed by atoms with E-state index in [0.717, 1.165) is 66.8 Å². The van der Waals surface area contributed by atoms with Crippen LogP contribution in [0.2, 0.25) is 0 Å². The van der Waals surface area contributed by atoms with E-state index >= 15 is 0 Å². The molecule has 1 atom stereocenters. The summed E-state index contributed by atoms with van der Waals surface area (Å²) in [5.41, 5.74) is 5.11. The molecule has 2 fully saturated rings. The number of carbonyl (C=O) groups excluding carboxylic acids is 1. The molecular formula is C25H28N8OS. The lowest BCUT2D eigenvalue weighted by Gasteiger charge is -2.56. The third-order valence-corrected chi connectivity index (χ3v) is 8.88. The molecule has 1 unspecified atom stereocenters. The molecule has 4 aromatic rings. The minimum absolute atomic E-state index is 0.186. The van der Waals surface area contributed by atoms with Crippen molar-refractivity contribution in [3.05, 3.63) is 58.6 Å². The topological polar surface area (TPSA) is 84.5 Å². The molecule has 180 valence electrons. The summed E-state index contributed by atoms with van der Waals surface area (Å²) in [6, 6.07) is 7.17. The zero-order valence-corrected chi connectivity index (χ0v) is 20.6. The van der Waals surface area contributed by atoms with Crippen LogP contribution in [-0.4, -0.2) is 71.5 Å². The van der Waals surface area contributed by atoms with Gasteiger partial charge in [-0.1, -0.05) is 17.4 Å². The molecule has 9 nitrogen and oxygen atoms in total. The summed E-state index contributed by atoms with van der Waals surface area (Å²) in [5, 5.41) is 13.9. The second kappa shape index (κ2) is 7.96. The Morgan fingerprint density at radius 1 is 1.17 bits per heavy atom. The smallest absolute Gasteiger partial charge is 0.228 e. The van der Waals surface area contributed by atoms with Crippen LogP contribution in [-0.2, 0) is 17.6 Å². The van der Waals surface area contributed by atoms with Crippen molar-refractivity contribution in [1.82, 2.24) is 39.4 Å². The molecule has 1 spiro atoms. The SMILES string of the molecule is Cc1nn2cc(CC(=O)N3CCC4(CC3)CN(C3CCc5cc(-n6nccn6)ccc53)C4)nc2s1. The lowest BCUT2D eigenvalue weighted by atomic mass is 9.71. The molecule has 7 rings (SSSR count). The highest BCUT2D eigenvalue weighted by Crippen LogP contribution is 2.47. The first-order chi connectivity index (χ1) is 17.1. The molecule has 3 aliphatic rings. The van der Waals surface area contributed by atoms with Crippen LogP contribution in [0.5, 0.6) is 0 Å². The minimum Gasteiger partial charge on any atom is -0.342 e. The molecule has 2 aliphatic heterocycles. The first-order valence-electron chi connectivity index (χ1n) is 12.4. The van der Waals surface area contributed by atoms with Gasteiger partial charge in [0.25, 0.3) is 0 Å². The quantitative estimate of drug-likeness (QED) is 0.439. The highest BCUT2D eigenvalue weighted by molar-refractivity contribution is 7.16. The number of hydrogen-bond donors (Lipinski definition) is 0. The van der Waals surface area contributed by atoms with Crippen molar-refractivity contribution in [3.8, 4) is 5.69 Å². The Hall–Kier alpha value is -3.11. The zero-order valence-electron chi connectivity index (χ0n) is 19.8. The van der Waals surface area contributed by atoms with Crippen molar-refractivity contribution in [1.29, 1.82) is 0 Å². The van der Waals surface area contributed by atoms with Gasteiger partial charge in [-0.3, -0.25) is 9.69 Å². The number of benzene rings is 1. The first kappa shape index (κ1) is 21.2. The number of aromatic nitrogens is 6. The van der Waals surface area contributed by atoms with E-state index < -0.39 is 0 Å². The van der Waals surface area contributed by atoms with Gasteiger partial charge in [0.15, 0.2) is 0 Å². The molecule has 0 bridgehead atoms. The second-order valence-electron chi connectivity index (χ2n) is 10.3. The fraction of sp³-hybridized carbons (Fsp3) is 0.480. The van der Waals surface area contributed by atoms with Crippen molar-refractivity contribution < 1.29 is 4.79 Å². The maximum absolute atomic E-state index is 12.9. The van der Waals surface area contributed by atoms with Crippen molar-refractivity contribution in [2.24, 2.45) is 5.41 Å². The number of nitrogens with zero attached hydrogens (tertiary/aromatic N) is 8. The highest BCUT2D eigenvalue weighted by atomic mass is 32.1. The largest absolute Gasteiger partial charge is 0.342 e. The summed E-state index contributed by atoms with van der Waals surface area (Å²) < 4.78 is 1.78. The van der Waals surface area contributed by atoms with Crippen molar-refractivity contribution in [2.45, 2.75) is 45.1 Å². The lowest BCUT2D eigenvalue weighted by molar-refractivity contribution is -0.136. The third kappa shape index (κ3) is 3.66. The summed E-state index contributed by atoms with van der Waals surface area (Å²) in [6.45, 7) is 5.96. The Balaban J connectivity index is 0.949. The molecule has 3 aromatic heterocycles. The molecule has 1 amide bonds. The third-order valence-electron chi connectivity index (χ3n) is 8.04. The summed E-state index contributed by atoms with van der Waals surface area (Å²) in [4.78, 5) is 24.7. The monoisotopic (exact) mass is 488 g/mol. The molecule has 0 radical (unpaired) electrons. The molecule has 10 heteroatoms. The second-order valence-corrected chi connectivity index (χ2v) is 11.5. The van der Waals surface area contributed by atoms with E-state index in [1.54, 1.807) is 33.0 Å². The minimum atomic E-state index is 0.186. The molecule has 35 heavy (non-hydrogen) atoms. The van der Waals surface area contributed by atoms with Crippen LogP contribution >= 0.6 is 11.3 Å². The summed E-state index contributed by atoms with van der Waals surface area (Å²) in [7, 11) is 0. The van der Waals surface area contributed by atoms with Crippen LogP contribution in [0, 0.1) is 12.3 Å². The predicted molar refractivity (Wildman–Crippen MR) is 132 cm³/mol. The van der Waals surface area contributed by atoms with Gasteiger partial charge in [-0.2, -0.15) is 20.1 Å². The van der Waals surface area contributed by atoms with E-state index in [9.17, 15) is 4.79 Å². The number of carbonyl (C=O) groups is 1. The standard InChI is InChI=1S/C25H28N8OS/c1-17-29-32-14-19(28-24(32)35-17)13-23(34)30-10-6-25(7-11-30)15-31(16-25)22-5-2-18-12-20(3-4-21(18)22)33-26-8-9-27-33/h3-4,8-9,12,14,22H,2,5-7,10-11,13,15-16H2,1H3. The fourth-order valence-electron chi connectivity index (χ4n) is 6.21. The average molecular weight is 489 g/mol. The number of imidazole rings is 1. The van der Waals surface area contributed by atoms with E-state index in [4.69, 9.17) is 0 Å². The van der Waals surface area contributed by atoms with Crippen molar-refractivity contribution in [3.63, 3.8) is 0 Å². The molecule has 0 saturated carbocycles. The van der Waals surface area contributed by atoms with E-state index in [-0.39, 0.29) is 5.91 Å². The Morgan fingerprint density at radius 2 is 1.97 bits per heavy atom. The lowest BCUT2D eigenvalue weighted by Crippen LogP contribution is -2.61. The zero-order chi connectivity index (χ0) is 23.6. The molecular weight excluding hydrogens is 460 g/mol. The normalized spacial score (nSPS) is 21.5. The number of fused-ring (bicyclic) bond motifs is 2. The molecule has 1 aromatic carbocycles. The van der Waals surface area contributed by atoms with Gasteiger partial charge in [0.2, 0.25) is 10.9 Å². The fourth-order valence-corrected chi connectivity index (χ4v) is 6.96. The number of rotatable bonds is 4. The Labute approximate surface area is 207 Å². The number of aryl methyl sites for hydroxylation is 2. The molecule has 2 saturated heterocycles. The maximum Gasteiger partial charge on any atom is 0.228 e. The van der Waals surface area contributed by atoms with Gasteiger partial charge in [-0.25, -0.2) is 9.50 Å². The summed E-state index contributed by atoms with van der Waals surface area (Å²) in [6.07, 6.45) is 10.2. The molecule has 0 N–H and O–H groups in total. The Kier molecular flexibility index (Phi) is 4.82. The number of likely N-dealkylation sites (tertiary alicyclic amines) is 2. The molecule has 1 aliphatic carbocycles. The van der Waals surface area contributed by atoms with Crippen LogP contribution in [0.4, 0.5) is 0 Å². The van der Waals surface area contributed by atoms with Gasteiger partial charge in [-0.05, 0) is 61.3 Å². The van der Waals surface area contributed by atoms with E-state index in [2.05, 4.69) is 43.4 Å². The van der Waals surface area contributed by atoms with Crippen molar-refractivity contribution in [2.75, 3.05) is 26.2 Å². The van der Waals surface area contributed by atoms with Crippen LogP contribution < -0.4 is 0 Å². The Bertz CT molecular complexity index is 1360. The van der Waals surface area contributed by atoms with E-state index in [0.29, 0.717) is 17.9 Å². The van der Waals surface area contributed by atoms with Gasteiger partial charge in [0, 0.05) is 32.2 Å². The van der Waals surface area contributed by atoms with Crippen LogP contribution in [0.1, 0.15) is 47.1 Å². The van der Waals surface area contributed by atoms with Crippen LogP contribution in [0.3, 0.4) is 0 Å². The van der Waals surface area contributed by atoms with Crippen molar-refractivity contribution >= 4 is 22.2 Å². The van der Waals surface area contributed by atoms with Crippen LogP contribution in [0.15, 0.2) is 36.8 Å². The number of piperidine rings is 1. The van der Waals surface area contributed by atoms with Gasteiger partial charge in [-0.15, -0.1) is 0 Å². The van der Waals surface area contributed by atoms with E-state index in [1.807, 2.05) is 18.0 Å². The number of amides is 1. The van der Waals surface area contributed by atoms with Gasteiger partial charge < -0.3 is 4.90 Å². The first-order valence-corrected chi connectivity index (χ1v) is 13.2. The average Bonchev–Trinajstić information content (AvgIpc) is 3.61. The summed E-state index contributed by atoms with van der Waals surface area (Å²) >= 11 is 1.56. The van der Waals surface area contributed by atoms with Gasteiger partial charge in [0.1, 0.15) is 5.01 Å². The highest BCUT2D eigenvalue weighted by Gasteiger charge is 2.48. The van der Waals surface area contributed by atoms with Gasteiger partial charge >= 0.3 is 0 Å². The predicted octanol–water partition coefficient (Wildman–Crippen LogP) is 2.83. The van der Waals surface area contributed by atoms with Gasteiger partial charge in [0.05, 0.1) is 36.4 Å². The van der Waals surface area contributed by atoms with E-state index in [1.165, 1.54) is 17.5 Å². The Morgan fingerprint density at radius 3 is 2.74 bits per heavy atom. The summed E-state index contributed by atoms with van der Waals surface area (Å²) in [5.74, 6) is 0.186. The maximum atomic E-state index is 12.9. The van der Waals surface area contributed by atoms with Crippen LogP contribution in [0.25, 0.3) is 10.6 Å². The number of hydrogen-bond acceptors (Lipinski definition) is 7.